The normalized spacial score (nSPS) is 16.5. The van der Waals surface area contributed by atoms with Gasteiger partial charge < -0.3 is 15.0 Å². The van der Waals surface area contributed by atoms with Gasteiger partial charge in [-0.2, -0.15) is 0 Å². The Balaban J connectivity index is 0.000000806. The van der Waals surface area contributed by atoms with Crippen molar-refractivity contribution in [3.8, 4) is 10.6 Å². The predicted octanol–water partition coefficient (Wildman–Crippen LogP) is 5.41. The minimum absolute atomic E-state index is 0.266. The van der Waals surface area contributed by atoms with Crippen LogP contribution in [0.25, 0.3) is 10.6 Å². The number of hydrogen-bond acceptors (Lipinski definition) is 6. The zero-order valence-electron chi connectivity index (χ0n) is 17.6. The predicted molar refractivity (Wildman–Crippen MR) is 121 cm³/mol. The Morgan fingerprint density at radius 1 is 1.27 bits per heavy atom. The highest BCUT2D eigenvalue weighted by Gasteiger charge is 2.23. The van der Waals surface area contributed by atoms with Crippen LogP contribution < -0.4 is 5.32 Å². The molecule has 2 aromatic heterocycles. The molecule has 1 saturated heterocycles. The second-order valence-corrected chi connectivity index (χ2v) is 8.37. The fraction of sp³-hybridized carbons (Fsp3) is 0.348. The molecule has 5 nitrogen and oxygen atoms in total. The molecule has 0 saturated carbocycles. The Morgan fingerprint density at radius 3 is 2.73 bits per heavy atom. The van der Waals surface area contributed by atoms with Gasteiger partial charge in [0.15, 0.2) is 0 Å². The van der Waals surface area contributed by atoms with E-state index in [9.17, 15) is 4.39 Å². The van der Waals surface area contributed by atoms with Gasteiger partial charge in [-0.05, 0) is 75.5 Å². The van der Waals surface area contributed by atoms with Crippen LogP contribution in [0.2, 0.25) is 0 Å². The van der Waals surface area contributed by atoms with E-state index >= 15 is 0 Å². The molecule has 1 aromatic carbocycles. The summed E-state index contributed by atoms with van der Waals surface area (Å²) in [6, 6.07) is 10.6. The van der Waals surface area contributed by atoms with Crippen molar-refractivity contribution in [3.05, 3.63) is 59.0 Å². The van der Waals surface area contributed by atoms with Crippen molar-refractivity contribution in [2.24, 2.45) is 0 Å². The SMILES string of the molecule is CC=O.Cc1csc(-c2cc(Nc3cccc(F)c3)nc(C3CCCN(C)C3)n2)c1. The molecule has 158 valence electrons. The highest BCUT2D eigenvalue weighted by atomic mass is 32.1. The van der Waals surface area contributed by atoms with Crippen LogP contribution in [0.4, 0.5) is 15.9 Å². The van der Waals surface area contributed by atoms with Gasteiger partial charge in [-0.3, -0.25) is 0 Å². The van der Waals surface area contributed by atoms with Crippen LogP contribution in [-0.2, 0) is 4.79 Å². The second kappa shape index (κ2) is 10.4. The quantitative estimate of drug-likeness (QED) is 0.565. The van der Waals surface area contributed by atoms with E-state index in [1.54, 1.807) is 17.4 Å². The van der Waals surface area contributed by atoms with Gasteiger partial charge in [0.25, 0.3) is 0 Å². The lowest BCUT2D eigenvalue weighted by molar-refractivity contribution is -0.106. The lowest BCUT2D eigenvalue weighted by Crippen LogP contribution is -2.31. The van der Waals surface area contributed by atoms with Crippen molar-refractivity contribution < 1.29 is 9.18 Å². The number of nitrogens with zero attached hydrogens (tertiary/aromatic N) is 3. The number of piperidine rings is 1. The maximum atomic E-state index is 13.6. The number of hydrogen-bond donors (Lipinski definition) is 1. The summed E-state index contributed by atoms with van der Waals surface area (Å²) in [7, 11) is 2.14. The molecule has 0 amide bonds. The molecule has 3 aromatic rings. The molecule has 1 N–H and O–H groups in total. The highest BCUT2D eigenvalue weighted by Crippen LogP contribution is 2.31. The fourth-order valence-electron chi connectivity index (χ4n) is 3.50. The van der Waals surface area contributed by atoms with Gasteiger partial charge in [0.05, 0.1) is 10.6 Å². The Bertz CT molecular complexity index is 991. The summed E-state index contributed by atoms with van der Waals surface area (Å²) in [4.78, 5) is 21.9. The number of nitrogens with one attached hydrogen (secondary N) is 1. The van der Waals surface area contributed by atoms with Crippen molar-refractivity contribution in [2.45, 2.75) is 32.6 Å². The first kappa shape index (κ1) is 22.1. The molecule has 1 aliphatic rings. The molecular formula is C23H27FN4OS. The minimum Gasteiger partial charge on any atom is -0.340 e. The van der Waals surface area contributed by atoms with Crippen LogP contribution in [0.15, 0.2) is 41.8 Å². The van der Waals surface area contributed by atoms with E-state index in [1.807, 2.05) is 12.1 Å². The molecule has 4 rings (SSSR count). The standard InChI is InChI=1S/C21H23FN4S.C2H4O/c1-14-9-19(27-13-14)18-11-20(23-17-7-3-6-16(22)10-17)25-21(24-18)15-5-4-8-26(2)12-15;1-2-3/h3,6-7,9-11,13,15H,4-5,8,12H2,1-2H3,(H,23,24,25);2H,1H3. The van der Waals surface area contributed by atoms with E-state index in [4.69, 9.17) is 14.8 Å². The highest BCUT2D eigenvalue weighted by molar-refractivity contribution is 7.13. The maximum Gasteiger partial charge on any atom is 0.135 e. The van der Waals surface area contributed by atoms with Crippen molar-refractivity contribution in [1.29, 1.82) is 0 Å². The zero-order chi connectivity index (χ0) is 21.5. The summed E-state index contributed by atoms with van der Waals surface area (Å²) >= 11 is 1.69. The monoisotopic (exact) mass is 426 g/mol. The zero-order valence-corrected chi connectivity index (χ0v) is 18.4. The number of aryl methyl sites for hydroxylation is 1. The average Bonchev–Trinajstić information content (AvgIpc) is 3.15. The molecule has 30 heavy (non-hydrogen) atoms. The number of anilines is 2. The largest absolute Gasteiger partial charge is 0.340 e. The van der Waals surface area contributed by atoms with Crippen LogP contribution in [0, 0.1) is 12.7 Å². The number of likely N-dealkylation sites (N-methyl/N-ethyl adjacent to an activating group) is 1. The van der Waals surface area contributed by atoms with Crippen molar-refractivity contribution in [3.63, 3.8) is 0 Å². The van der Waals surface area contributed by atoms with Gasteiger partial charge in [-0.25, -0.2) is 14.4 Å². The van der Waals surface area contributed by atoms with E-state index in [-0.39, 0.29) is 5.82 Å². The summed E-state index contributed by atoms with van der Waals surface area (Å²) < 4.78 is 13.6. The molecule has 3 heterocycles. The van der Waals surface area contributed by atoms with Gasteiger partial charge in [-0.15, -0.1) is 11.3 Å². The van der Waals surface area contributed by atoms with Gasteiger partial charge >= 0.3 is 0 Å². The lowest BCUT2D eigenvalue weighted by Gasteiger charge is -2.29. The Labute approximate surface area is 181 Å². The fourth-order valence-corrected chi connectivity index (χ4v) is 4.36. The first-order valence-electron chi connectivity index (χ1n) is 10.0. The number of rotatable bonds is 4. The molecule has 0 radical (unpaired) electrons. The van der Waals surface area contributed by atoms with Gasteiger partial charge in [0.1, 0.15) is 23.7 Å². The number of likely N-dealkylation sites (tertiary alicyclic amines) is 1. The van der Waals surface area contributed by atoms with Gasteiger partial charge in [-0.1, -0.05) is 6.07 Å². The number of carbonyl (C=O) groups excluding carboxylic acids is 1. The second-order valence-electron chi connectivity index (χ2n) is 7.46. The van der Waals surface area contributed by atoms with E-state index < -0.39 is 0 Å². The summed E-state index contributed by atoms with van der Waals surface area (Å²) in [5.41, 5.74) is 2.84. The number of halogens is 1. The molecule has 0 spiro atoms. The molecule has 0 bridgehead atoms. The Morgan fingerprint density at radius 2 is 2.07 bits per heavy atom. The number of benzene rings is 1. The van der Waals surface area contributed by atoms with E-state index in [1.165, 1.54) is 24.6 Å². The number of thiophene rings is 1. The van der Waals surface area contributed by atoms with Crippen molar-refractivity contribution in [1.82, 2.24) is 14.9 Å². The molecule has 1 aliphatic heterocycles. The third kappa shape index (κ3) is 5.93. The maximum absolute atomic E-state index is 13.6. The van der Waals surface area contributed by atoms with Crippen molar-refractivity contribution in [2.75, 3.05) is 25.5 Å². The molecule has 1 fully saturated rings. The topological polar surface area (TPSA) is 58.1 Å². The van der Waals surface area contributed by atoms with E-state index in [0.717, 1.165) is 48.6 Å². The van der Waals surface area contributed by atoms with Gasteiger partial charge in [0.2, 0.25) is 0 Å². The number of carbonyl (C=O) groups is 1. The first-order valence-corrected chi connectivity index (χ1v) is 10.9. The third-order valence-electron chi connectivity index (χ3n) is 4.81. The van der Waals surface area contributed by atoms with Crippen molar-refractivity contribution >= 4 is 29.1 Å². The molecule has 1 atom stereocenters. The van der Waals surface area contributed by atoms with Crippen LogP contribution in [-0.4, -0.2) is 41.3 Å². The van der Waals surface area contributed by atoms with E-state index in [0.29, 0.717) is 17.4 Å². The first-order chi connectivity index (χ1) is 14.5. The smallest absolute Gasteiger partial charge is 0.135 e. The molecular weight excluding hydrogens is 399 g/mol. The summed E-state index contributed by atoms with van der Waals surface area (Å²) in [5, 5.41) is 5.38. The number of aldehydes is 1. The summed E-state index contributed by atoms with van der Waals surface area (Å²) in [5.74, 6) is 1.62. The van der Waals surface area contributed by atoms with Crippen LogP contribution in [0.3, 0.4) is 0 Å². The van der Waals surface area contributed by atoms with Gasteiger partial charge in [0, 0.05) is 24.2 Å². The summed E-state index contributed by atoms with van der Waals surface area (Å²) in [6.45, 7) is 5.62. The van der Waals surface area contributed by atoms with Crippen LogP contribution >= 0.6 is 11.3 Å². The Kier molecular flexibility index (Phi) is 7.65. The summed E-state index contributed by atoms with van der Waals surface area (Å²) in [6.07, 6.45) is 3.00. The minimum atomic E-state index is -0.266. The number of aromatic nitrogens is 2. The molecule has 7 heteroatoms. The van der Waals surface area contributed by atoms with Crippen LogP contribution in [0.5, 0.6) is 0 Å². The third-order valence-corrected chi connectivity index (χ3v) is 5.88. The Hall–Kier alpha value is -2.64. The molecule has 0 aliphatic carbocycles. The average molecular weight is 427 g/mol. The lowest BCUT2D eigenvalue weighted by atomic mass is 9.97. The van der Waals surface area contributed by atoms with Crippen LogP contribution in [0.1, 0.15) is 37.1 Å². The molecule has 1 unspecified atom stereocenters. The van der Waals surface area contributed by atoms with E-state index in [2.05, 4.69) is 35.6 Å².